The van der Waals surface area contributed by atoms with Gasteiger partial charge in [0.25, 0.3) is 5.91 Å². The van der Waals surface area contributed by atoms with Crippen molar-refractivity contribution in [3.05, 3.63) is 53.3 Å². The minimum absolute atomic E-state index is 0.0161. The van der Waals surface area contributed by atoms with E-state index in [1.165, 1.54) is 12.8 Å². The topological polar surface area (TPSA) is 60.1 Å². The van der Waals surface area contributed by atoms with Crippen LogP contribution in [-0.4, -0.2) is 23.1 Å². The van der Waals surface area contributed by atoms with Gasteiger partial charge in [0, 0.05) is 29.7 Å². The van der Waals surface area contributed by atoms with Gasteiger partial charge in [-0.1, -0.05) is 18.2 Å². The van der Waals surface area contributed by atoms with E-state index in [1.54, 1.807) is 0 Å². The van der Waals surface area contributed by atoms with Gasteiger partial charge in [-0.05, 0) is 50.8 Å². The van der Waals surface area contributed by atoms with Gasteiger partial charge in [-0.2, -0.15) is 0 Å². The molecule has 1 heterocycles. The van der Waals surface area contributed by atoms with Crippen LogP contribution < -0.4 is 11.1 Å². The summed E-state index contributed by atoms with van der Waals surface area (Å²) in [5, 5.41) is 3.10. The Balaban J connectivity index is 1.87. The Kier molecular flexibility index (Phi) is 4.03. The molecule has 1 aromatic heterocycles. The van der Waals surface area contributed by atoms with Crippen LogP contribution >= 0.6 is 0 Å². The van der Waals surface area contributed by atoms with Crippen LogP contribution in [0, 0.1) is 19.8 Å². The fraction of sp³-hybridized carbons (Fsp3) is 0.389. The monoisotopic (exact) mass is 297 g/mol. The zero-order chi connectivity index (χ0) is 15.7. The third kappa shape index (κ3) is 2.79. The molecular formula is C18H23N3O. The number of carbonyl (C=O) groups excluding carboxylic acids is 1. The molecule has 1 atom stereocenters. The molecule has 3 rings (SSSR count). The summed E-state index contributed by atoms with van der Waals surface area (Å²) in [4.78, 5) is 12.6. The smallest absolute Gasteiger partial charge is 0.253 e. The molecule has 1 aromatic carbocycles. The van der Waals surface area contributed by atoms with E-state index in [2.05, 4.69) is 22.0 Å². The van der Waals surface area contributed by atoms with Crippen LogP contribution in [0.2, 0.25) is 0 Å². The molecule has 4 heteroatoms. The summed E-state index contributed by atoms with van der Waals surface area (Å²) in [6, 6.07) is 12.2. The van der Waals surface area contributed by atoms with Gasteiger partial charge in [0.15, 0.2) is 0 Å². The van der Waals surface area contributed by atoms with Crippen LogP contribution in [0.3, 0.4) is 0 Å². The van der Waals surface area contributed by atoms with Crippen LogP contribution in [-0.2, 0) is 0 Å². The van der Waals surface area contributed by atoms with E-state index in [1.807, 2.05) is 38.1 Å². The molecule has 1 amide bonds. The summed E-state index contributed by atoms with van der Waals surface area (Å²) < 4.78 is 2.11. The molecule has 1 aliphatic carbocycles. The van der Waals surface area contributed by atoms with E-state index in [0.717, 1.165) is 22.6 Å². The quantitative estimate of drug-likeness (QED) is 0.891. The molecule has 2 aromatic rings. The zero-order valence-electron chi connectivity index (χ0n) is 13.2. The number of rotatable bonds is 5. The molecule has 0 radical (unpaired) electrons. The van der Waals surface area contributed by atoms with Crippen LogP contribution in [0.4, 0.5) is 0 Å². The van der Waals surface area contributed by atoms with E-state index in [-0.39, 0.29) is 11.9 Å². The van der Waals surface area contributed by atoms with Gasteiger partial charge in [-0.15, -0.1) is 0 Å². The van der Waals surface area contributed by atoms with Crippen LogP contribution in [0.25, 0.3) is 5.69 Å². The summed E-state index contributed by atoms with van der Waals surface area (Å²) in [5.41, 5.74) is 9.62. The lowest BCUT2D eigenvalue weighted by molar-refractivity contribution is 0.0933. The first-order valence-corrected chi connectivity index (χ1v) is 7.87. The Labute approximate surface area is 131 Å². The number of aromatic nitrogens is 1. The summed E-state index contributed by atoms with van der Waals surface area (Å²) in [5.74, 6) is 0.546. The number of nitrogens with one attached hydrogen (secondary N) is 1. The Bertz CT molecular complexity index is 671. The highest BCUT2D eigenvalue weighted by molar-refractivity contribution is 5.96. The molecular weight excluding hydrogens is 274 g/mol. The molecule has 22 heavy (non-hydrogen) atoms. The maximum Gasteiger partial charge on any atom is 0.253 e. The number of benzene rings is 1. The number of hydrogen-bond acceptors (Lipinski definition) is 2. The minimum atomic E-state index is -0.0161. The van der Waals surface area contributed by atoms with Crippen molar-refractivity contribution < 1.29 is 4.79 Å². The molecule has 0 aliphatic heterocycles. The van der Waals surface area contributed by atoms with E-state index in [4.69, 9.17) is 5.73 Å². The number of amides is 1. The van der Waals surface area contributed by atoms with Crippen molar-refractivity contribution in [1.82, 2.24) is 9.88 Å². The second-order valence-electron chi connectivity index (χ2n) is 6.11. The van der Waals surface area contributed by atoms with Crippen molar-refractivity contribution in [2.75, 3.05) is 6.54 Å². The molecule has 0 bridgehead atoms. The molecule has 3 N–H and O–H groups in total. The number of hydrogen-bond donors (Lipinski definition) is 2. The van der Waals surface area contributed by atoms with Crippen LogP contribution in [0.1, 0.15) is 34.6 Å². The fourth-order valence-electron chi connectivity index (χ4n) is 3.08. The molecule has 1 aliphatic rings. The number of aryl methyl sites for hydroxylation is 1. The molecule has 1 saturated carbocycles. The first-order chi connectivity index (χ1) is 10.6. The Morgan fingerprint density at radius 2 is 2.00 bits per heavy atom. The van der Waals surface area contributed by atoms with E-state index < -0.39 is 0 Å². The first-order valence-electron chi connectivity index (χ1n) is 7.87. The lowest BCUT2D eigenvalue weighted by Crippen LogP contribution is -2.41. The standard InChI is InChI=1S/C18H23N3O/c1-12-10-16(18(22)20-17(11-19)14-8-9-14)13(2)21(12)15-6-4-3-5-7-15/h3-7,10,14,17H,8-9,11,19H2,1-2H3,(H,20,22). The summed E-state index contributed by atoms with van der Waals surface area (Å²) in [7, 11) is 0. The SMILES string of the molecule is Cc1cc(C(=O)NC(CN)C2CC2)c(C)n1-c1ccccc1. The lowest BCUT2D eigenvalue weighted by atomic mass is 10.1. The Hall–Kier alpha value is -2.07. The second-order valence-corrected chi connectivity index (χ2v) is 6.11. The lowest BCUT2D eigenvalue weighted by Gasteiger charge is -2.16. The first kappa shape index (κ1) is 14.9. The molecule has 1 fully saturated rings. The van der Waals surface area contributed by atoms with Crippen molar-refractivity contribution in [2.24, 2.45) is 11.7 Å². The number of nitrogens with two attached hydrogens (primary N) is 1. The van der Waals surface area contributed by atoms with Crippen molar-refractivity contribution >= 4 is 5.91 Å². The summed E-state index contributed by atoms with van der Waals surface area (Å²) in [6.07, 6.45) is 2.34. The number of carbonyl (C=O) groups is 1. The highest BCUT2D eigenvalue weighted by atomic mass is 16.1. The maximum absolute atomic E-state index is 12.6. The third-order valence-electron chi connectivity index (χ3n) is 4.45. The van der Waals surface area contributed by atoms with Gasteiger partial charge in [-0.3, -0.25) is 4.79 Å². The van der Waals surface area contributed by atoms with Gasteiger partial charge < -0.3 is 15.6 Å². The molecule has 0 spiro atoms. The van der Waals surface area contributed by atoms with E-state index >= 15 is 0 Å². The number of para-hydroxylation sites is 1. The van der Waals surface area contributed by atoms with Crippen molar-refractivity contribution in [3.63, 3.8) is 0 Å². The Morgan fingerprint density at radius 3 is 2.59 bits per heavy atom. The highest BCUT2D eigenvalue weighted by Gasteiger charge is 2.32. The third-order valence-corrected chi connectivity index (χ3v) is 4.45. The molecule has 116 valence electrons. The van der Waals surface area contributed by atoms with Crippen molar-refractivity contribution in [3.8, 4) is 5.69 Å². The highest BCUT2D eigenvalue weighted by Crippen LogP contribution is 2.32. The summed E-state index contributed by atoms with van der Waals surface area (Å²) >= 11 is 0. The largest absolute Gasteiger partial charge is 0.348 e. The van der Waals surface area contributed by atoms with E-state index in [9.17, 15) is 4.79 Å². The van der Waals surface area contributed by atoms with Crippen molar-refractivity contribution in [1.29, 1.82) is 0 Å². The van der Waals surface area contributed by atoms with Crippen LogP contribution in [0.15, 0.2) is 36.4 Å². The molecule has 0 saturated heterocycles. The predicted octanol–water partition coefficient (Wildman–Crippen LogP) is 2.56. The number of nitrogens with zero attached hydrogens (tertiary/aromatic N) is 1. The Morgan fingerprint density at radius 1 is 1.32 bits per heavy atom. The fourth-order valence-corrected chi connectivity index (χ4v) is 3.08. The molecule has 1 unspecified atom stereocenters. The van der Waals surface area contributed by atoms with Gasteiger partial charge >= 0.3 is 0 Å². The summed E-state index contributed by atoms with van der Waals surface area (Å²) in [6.45, 7) is 4.52. The van der Waals surface area contributed by atoms with Crippen LogP contribution in [0.5, 0.6) is 0 Å². The van der Waals surface area contributed by atoms with Gasteiger partial charge in [0.05, 0.1) is 5.56 Å². The van der Waals surface area contributed by atoms with E-state index in [0.29, 0.717) is 12.5 Å². The average molecular weight is 297 g/mol. The van der Waals surface area contributed by atoms with Gasteiger partial charge in [-0.25, -0.2) is 0 Å². The zero-order valence-corrected chi connectivity index (χ0v) is 13.2. The van der Waals surface area contributed by atoms with Gasteiger partial charge in [0.1, 0.15) is 0 Å². The average Bonchev–Trinajstić information content (AvgIpc) is 3.31. The normalized spacial score (nSPS) is 15.6. The van der Waals surface area contributed by atoms with Gasteiger partial charge in [0.2, 0.25) is 0 Å². The maximum atomic E-state index is 12.6. The predicted molar refractivity (Wildman–Crippen MR) is 88.3 cm³/mol. The minimum Gasteiger partial charge on any atom is -0.348 e. The second kappa shape index (κ2) is 5.97. The van der Waals surface area contributed by atoms with Crippen molar-refractivity contribution in [2.45, 2.75) is 32.7 Å². The molecule has 4 nitrogen and oxygen atoms in total.